The highest BCUT2D eigenvalue weighted by atomic mass is 16.5. The van der Waals surface area contributed by atoms with Crippen LogP contribution in [0, 0.1) is 0 Å². The van der Waals surface area contributed by atoms with E-state index in [0.717, 1.165) is 31.7 Å². The lowest BCUT2D eigenvalue weighted by atomic mass is 9.94. The third kappa shape index (κ3) is 4.80. The van der Waals surface area contributed by atoms with Crippen molar-refractivity contribution in [1.82, 2.24) is 0 Å². The van der Waals surface area contributed by atoms with Crippen LogP contribution >= 0.6 is 0 Å². The van der Waals surface area contributed by atoms with Crippen molar-refractivity contribution in [2.45, 2.75) is 64.8 Å². The van der Waals surface area contributed by atoms with Crippen LogP contribution in [-0.2, 0) is 11.3 Å². The normalized spacial score (nSPS) is 21.9. The average Bonchev–Trinajstić information content (AvgIpc) is 2.36. The lowest BCUT2D eigenvalue weighted by Crippen LogP contribution is -2.89. The SMILES string of the molecule is CC(C)Oc1ccc(C[NH2+]C2CCOC(C)(C)C2)cc1. The molecule has 0 amide bonds. The van der Waals surface area contributed by atoms with Gasteiger partial charge >= 0.3 is 0 Å². The van der Waals surface area contributed by atoms with E-state index in [1.165, 1.54) is 5.56 Å². The third-order valence-corrected chi connectivity index (χ3v) is 3.72. The number of quaternary nitrogens is 1. The zero-order chi connectivity index (χ0) is 14.6. The highest BCUT2D eigenvalue weighted by Crippen LogP contribution is 2.22. The van der Waals surface area contributed by atoms with E-state index in [4.69, 9.17) is 9.47 Å². The van der Waals surface area contributed by atoms with Crippen molar-refractivity contribution in [2.75, 3.05) is 6.61 Å². The van der Waals surface area contributed by atoms with Crippen molar-refractivity contribution < 1.29 is 14.8 Å². The zero-order valence-corrected chi connectivity index (χ0v) is 13.2. The molecular formula is C17H28NO2+. The van der Waals surface area contributed by atoms with Gasteiger partial charge < -0.3 is 14.8 Å². The van der Waals surface area contributed by atoms with E-state index in [2.05, 4.69) is 57.3 Å². The van der Waals surface area contributed by atoms with Crippen LogP contribution in [0.2, 0.25) is 0 Å². The number of benzene rings is 1. The maximum absolute atomic E-state index is 5.76. The summed E-state index contributed by atoms with van der Waals surface area (Å²) < 4.78 is 11.4. The van der Waals surface area contributed by atoms with Gasteiger partial charge in [0.25, 0.3) is 0 Å². The van der Waals surface area contributed by atoms with Gasteiger partial charge in [-0.05, 0) is 52.0 Å². The van der Waals surface area contributed by atoms with Gasteiger partial charge in [0, 0.05) is 18.4 Å². The minimum absolute atomic E-state index is 0.0361. The van der Waals surface area contributed by atoms with Crippen molar-refractivity contribution in [2.24, 2.45) is 0 Å². The van der Waals surface area contributed by atoms with Crippen molar-refractivity contribution in [3.8, 4) is 5.75 Å². The third-order valence-electron chi connectivity index (χ3n) is 3.72. The van der Waals surface area contributed by atoms with Crippen LogP contribution < -0.4 is 10.1 Å². The van der Waals surface area contributed by atoms with Gasteiger partial charge in [-0.2, -0.15) is 0 Å². The Morgan fingerprint density at radius 1 is 1.30 bits per heavy atom. The van der Waals surface area contributed by atoms with Gasteiger partial charge in [-0.15, -0.1) is 0 Å². The maximum atomic E-state index is 5.76. The number of hydrogen-bond donors (Lipinski definition) is 1. The first kappa shape index (κ1) is 15.3. The maximum Gasteiger partial charge on any atom is 0.119 e. The summed E-state index contributed by atoms with van der Waals surface area (Å²) in [5, 5.41) is 2.45. The number of nitrogens with two attached hydrogens (primary N) is 1. The summed E-state index contributed by atoms with van der Waals surface area (Å²) in [4.78, 5) is 0. The molecule has 1 heterocycles. The summed E-state index contributed by atoms with van der Waals surface area (Å²) in [5.74, 6) is 0.955. The summed E-state index contributed by atoms with van der Waals surface area (Å²) in [6, 6.07) is 9.14. The van der Waals surface area contributed by atoms with Gasteiger partial charge in [-0.3, -0.25) is 0 Å². The Kier molecular flexibility index (Phi) is 5.06. The smallest absolute Gasteiger partial charge is 0.119 e. The fourth-order valence-electron chi connectivity index (χ4n) is 2.76. The van der Waals surface area contributed by atoms with Crippen LogP contribution in [0.1, 0.15) is 46.1 Å². The Morgan fingerprint density at radius 2 is 2.00 bits per heavy atom. The Morgan fingerprint density at radius 3 is 2.60 bits per heavy atom. The Balaban J connectivity index is 1.82. The molecule has 0 radical (unpaired) electrons. The van der Waals surface area contributed by atoms with E-state index >= 15 is 0 Å². The monoisotopic (exact) mass is 278 g/mol. The molecule has 0 spiro atoms. The van der Waals surface area contributed by atoms with E-state index in [1.807, 2.05) is 0 Å². The molecule has 1 aromatic rings. The van der Waals surface area contributed by atoms with Gasteiger partial charge in [-0.25, -0.2) is 0 Å². The van der Waals surface area contributed by atoms with Crippen LogP contribution in [-0.4, -0.2) is 24.4 Å². The molecule has 1 atom stereocenters. The molecule has 1 saturated heterocycles. The molecule has 2 N–H and O–H groups in total. The minimum atomic E-state index is 0.0361. The molecule has 1 fully saturated rings. The van der Waals surface area contributed by atoms with Gasteiger partial charge in [0.1, 0.15) is 12.3 Å². The second-order valence-corrected chi connectivity index (χ2v) is 6.61. The lowest BCUT2D eigenvalue weighted by molar-refractivity contribution is -0.709. The predicted octanol–water partition coefficient (Wildman–Crippen LogP) is 2.49. The minimum Gasteiger partial charge on any atom is -0.491 e. The first-order valence-corrected chi connectivity index (χ1v) is 7.67. The fourth-order valence-corrected chi connectivity index (χ4v) is 2.76. The van der Waals surface area contributed by atoms with Gasteiger partial charge in [0.05, 0.1) is 24.4 Å². The Bertz CT molecular complexity index is 412. The summed E-state index contributed by atoms with van der Waals surface area (Å²) in [5.41, 5.74) is 1.39. The van der Waals surface area contributed by atoms with Crippen LogP contribution in [0.5, 0.6) is 5.75 Å². The average molecular weight is 278 g/mol. The second kappa shape index (κ2) is 6.59. The lowest BCUT2D eigenvalue weighted by Gasteiger charge is -2.34. The summed E-state index contributed by atoms with van der Waals surface area (Å²) in [6.45, 7) is 10.4. The Labute approximate surface area is 122 Å². The van der Waals surface area contributed by atoms with Crippen LogP contribution in [0.15, 0.2) is 24.3 Å². The number of ether oxygens (including phenoxy) is 2. The van der Waals surface area contributed by atoms with Crippen LogP contribution in [0.3, 0.4) is 0 Å². The summed E-state index contributed by atoms with van der Waals surface area (Å²) >= 11 is 0. The molecule has 0 aromatic heterocycles. The molecule has 0 saturated carbocycles. The standard InChI is InChI=1S/C17H27NO2/c1-13(2)20-16-7-5-14(6-8-16)12-18-15-9-10-19-17(3,4)11-15/h5-8,13,15,18H,9-12H2,1-4H3/p+1. The van der Waals surface area contributed by atoms with E-state index < -0.39 is 0 Å². The van der Waals surface area contributed by atoms with Gasteiger partial charge in [0.15, 0.2) is 0 Å². The molecule has 20 heavy (non-hydrogen) atoms. The molecule has 112 valence electrons. The molecular weight excluding hydrogens is 250 g/mol. The molecule has 1 unspecified atom stereocenters. The fraction of sp³-hybridized carbons (Fsp3) is 0.647. The highest BCUT2D eigenvalue weighted by molar-refractivity contribution is 5.26. The molecule has 1 aliphatic rings. The zero-order valence-electron chi connectivity index (χ0n) is 13.2. The predicted molar refractivity (Wildman–Crippen MR) is 80.9 cm³/mol. The van der Waals surface area contributed by atoms with Crippen molar-refractivity contribution in [3.05, 3.63) is 29.8 Å². The topological polar surface area (TPSA) is 35.1 Å². The van der Waals surface area contributed by atoms with Crippen molar-refractivity contribution in [3.63, 3.8) is 0 Å². The highest BCUT2D eigenvalue weighted by Gasteiger charge is 2.30. The summed E-state index contributed by atoms with van der Waals surface area (Å²) in [7, 11) is 0. The molecule has 0 aliphatic carbocycles. The second-order valence-electron chi connectivity index (χ2n) is 6.61. The number of hydrogen-bond acceptors (Lipinski definition) is 2. The van der Waals surface area contributed by atoms with E-state index in [0.29, 0.717) is 6.04 Å². The molecule has 2 rings (SSSR count). The molecule has 1 aromatic carbocycles. The molecule has 1 aliphatic heterocycles. The van der Waals surface area contributed by atoms with Crippen molar-refractivity contribution >= 4 is 0 Å². The molecule has 0 bridgehead atoms. The van der Waals surface area contributed by atoms with Crippen LogP contribution in [0.4, 0.5) is 0 Å². The Hall–Kier alpha value is -1.06. The van der Waals surface area contributed by atoms with Gasteiger partial charge in [0.2, 0.25) is 0 Å². The van der Waals surface area contributed by atoms with Crippen molar-refractivity contribution in [1.29, 1.82) is 0 Å². The molecule has 3 nitrogen and oxygen atoms in total. The number of rotatable bonds is 5. The first-order chi connectivity index (χ1) is 9.44. The molecule has 3 heteroatoms. The van der Waals surface area contributed by atoms with E-state index in [1.54, 1.807) is 0 Å². The van der Waals surface area contributed by atoms with Crippen LogP contribution in [0.25, 0.3) is 0 Å². The van der Waals surface area contributed by atoms with Gasteiger partial charge in [-0.1, -0.05) is 0 Å². The first-order valence-electron chi connectivity index (χ1n) is 7.67. The summed E-state index contributed by atoms with van der Waals surface area (Å²) in [6.07, 6.45) is 2.51. The van der Waals surface area contributed by atoms with E-state index in [-0.39, 0.29) is 11.7 Å². The quantitative estimate of drug-likeness (QED) is 0.898. The van der Waals surface area contributed by atoms with E-state index in [9.17, 15) is 0 Å². The largest absolute Gasteiger partial charge is 0.491 e.